The van der Waals surface area contributed by atoms with Gasteiger partial charge in [0.15, 0.2) is 12.2 Å². The zero-order valence-electron chi connectivity index (χ0n) is 10.7. The van der Waals surface area contributed by atoms with Crippen LogP contribution in [-0.2, 0) is 4.79 Å². The number of para-hydroxylation sites is 2. The van der Waals surface area contributed by atoms with E-state index in [1.807, 2.05) is 32.0 Å². The standard InChI is InChI=1S/C13H16N2O3/c1-9(2)15(3)12(16)8-17-13-14-10-6-4-5-7-11(10)18-13/h4-7,9H,8H2,1-3H3. The third-order valence-electron chi connectivity index (χ3n) is 2.76. The number of carbonyl (C=O) groups excluding carboxylic acids is 1. The van der Waals surface area contributed by atoms with Gasteiger partial charge in [0.1, 0.15) is 5.52 Å². The number of hydrogen-bond donors (Lipinski definition) is 0. The van der Waals surface area contributed by atoms with Crippen LogP contribution in [0.15, 0.2) is 28.7 Å². The molecule has 0 bridgehead atoms. The summed E-state index contributed by atoms with van der Waals surface area (Å²) in [4.78, 5) is 17.4. The normalized spacial score (nSPS) is 10.9. The third kappa shape index (κ3) is 2.61. The zero-order valence-corrected chi connectivity index (χ0v) is 10.7. The molecule has 0 fully saturated rings. The Labute approximate surface area is 105 Å². The van der Waals surface area contributed by atoms with Gasteiger partial charge in [0, 0.05) is 13.1 Å². The van der Waals surface area contributed by atoms with Crippen LogP contribution in [-0.4, -0.2) is 35.5 Å². The molecule has 0 N–H and O–H groups in total. The first kappa shape index (κ1) is 12.4. The number of amides is 1. The summed E-state index contributed by atoms with van der Waals surface area (Å²) in [6, 6.07) is 7.50. The molecule has 1 aromatic carbocycles. The lowest BCUT2D eigenvalue weighted by atomic mass is 10.3. The first-order valence-electron chi connectivity index (χ1n) is 5.82. The summed E-state index contributed by atoms with van der Waals surface area (Å²) in [5, 5.41) is 0. The number of aromatic nitrogens is 1. The van der Waals surface area contributed by atoms with Crippen LogP contribution in [0.2, 0.25) is 0 Å². The molecule has 0 unspecified atom stereocenters. The number of ether oxygens (including phenoxy) is 1. The molecule has 0 aliphatic rings. The van der Waals surface area contributed by atoms with Crippen molar-refractivity contribution in [2.24, 2.45) is 0 Å². The molecule has 0 spiro atoms. The summed E-state index contributed by atoms with van der Waals surface area (Å²) in [7, 11) is 1.74. The molecule has 0 saturated heterocycles. The lowest BCUT2D eigenvalue weighted by molar-refractivity contribution is -0.133. The van der Waals surface area contributed by atoms with E-state index in [-0.39, 0.29) is 24.6 Å². The van der Waals surface area contributed by atoms with E-state index in [0.717, 1.165) is 5.52 Å². The number of likely N-dealkylation sites (N-methyl/N-ethyl adjacent to an activating group) is 1. The van der Waals surface area contributed by atoms with Crippen molar-refractivity contribution < 1.29 is 13.9 Å². The van der Waals surface area contributed by atoms with Crippen molar-refractivity contribution in [2.75, 3.05) is 13.7 Å². The van der Waals surface area contributed by atoms with E-state index in [1.165, 1.54) is 0 Å². The fourth-order valence-corrected chi connectivity index (χ4v) is 1.43. The highest BCUT2D eigenvalue weighted by molar-refractivity contribution is 5.78. The number of oxazole rings is 1. The van der Waals surface area contributed by atoms with Gasteiger partial charge in [-0.2, -0.15) is 4.98 Å². The van der Waals surface area contributed by atoms with E-state index >= 15 is 0 Å². The Morgan fingerprint density at radius 2 is 2.17 bits per heavy atom. The summed E-state index contributed by atoms with van der Waals surface area (Å²) in [6.45, 7) is 3.82. The molecule has 0 aliphatic carbocycles. The number of benzene rings is 1. The van der Waals surface area contributed by atoms with E-state index in [2.05, 4.69) is 4.98 Å². The van der Waals surface area contributed by atoms with Crippen molar-refractivity contribution in [3.05, 3.63) is 24.3 Å². The van der Waals surface area contributed by atoms with Gasteiger partial charge >= 0.3 is 6.08 Å². The highest BCUT2D eigenvalue weighted by Gasteiger charge is 2.14. The molecular weight excluding hydrogens is 232 g/mol. The molecule has 1 amide bonds. The topological polar surface area (TPSA) is 55.6 Å². The second-order valence-corrected chi connectivity index (χ2v) is 4.33. The van der Waals surface area contributed by atoms with Crippen molar-refractivity contribution in [1.82, 2.24) is 9.88 Å². The van der Waals surface area contributed by atoms with Gasteiger partial charge in [-0.15, -0.1) is 0 Å². The first-order chi connectivity index (χ1) is 8.58. The van der Waals surface area contributed by atoms with Crippen molar-refractivity contribution in [3.63, 3.8) is 0 Å². The van der Waals surface area contributed by atoms with Gasteiger partial charge in [0.05, 0.1) is 0 Å². The van der Waals surface area contributed by atoms with Gasteiger partial charge in [-0.05, 0) is 26.0 Å². The Morgan fingerprint density at radius 1 is 1.44 bits per heavy atom. The minimum atomic E-state index is -0.104. The van der Waals surface area contributed by atoms with Crippen molar-refractivity contribution in [1.29, 1.82) is 0 Å². The molecule has 18 heavy (non-hydrogen) atoms. The number of fused-ring (bicyclic) bond motifs is 1. The van der Waals surface area contributed by atoms with Crippen molar-refractivity contribution >= 4 is 17.0 Å². The summed E-state index contributed by atoms with van der Waals surface area (Å²) >= 11 is 0. The first-order valence-corrected chi connectivity index (χ1v) is 5.82. The smallest absolute Gasteiger partial charge is 0.395 e. The third-order valence-corrected chi connectivity index (χ3v) is 2.76. The minimum Gasteiger partial charge on any atom is -0.440 e. The quantitative estimate of drug-likeness (QED) is 0.831. The predicted octanol–water partition coefficient (Wildman–Crippen LogP) is 2.07. The van der Waals surface area contributed by atoms with Gasteiger partial charge < -0.3 is 14.1 Å². The number of nitrogens with zero attached hydrogens (tertiary/aromatic N) is 2. The molecule has 5 heteroatoms. The van der Waals surface area contributed by atoms with Crippen LogP contribution in [0.5, 0.6) is 6.08 Å². The average molecular weight is 248 g/mol. The highest BCUT2D eigenvalue weighted by atomic mass is 16.6. The Kier molecular flexibility index (Phi) is 3.50. The molecule has 0 atom stereocenters. The van der Waals surface area contributed by atoms with E-state index in [4.69, 9.17) is 9.15 Å². The summed E-state index contributed by atoms with van der Waals surface area (Å²) in [5.41, 5.74) is 1.37. The fourth-order valence-electron chi connectivity index (χ4n) is 1.43. The summed E-state index contributed by atoms with van der Waals surface area (Å²) in [5.74, 6) is -0.104. The Morgan fingerprint density at radius 3 is 2.83 bits per heavy atom. The second-order valence-electron chi connectivity index (χ2n) is 4.33. The second kappa shape index (κ2) is 5.08. The molecule has 0 saturated carbocycles. The number of hydrogen-bond acceptors (Lipinski definition) is 4. The maximum absolute atomic E-state index is 11.7. The van der Waals surface area contributed by atoms with Crippen LogP contribution in [0.1, 0.15) is 13.8 Å². The Hall–Kier alpha value is -2.04. The zero-order chi connectivity index (χ0) is 13.1. The van der Waals surface area contributed by atoms with Crippen LogP contribution in [0.3, 0.4) is 0 Å². The molecule has 1 heterocycles. The van der Waals surface area contributed by atoms with Crippen LogP contribution >= 0.6 is 0 Å². The molecule has 2 rings (SSSR count). The largest absolute Gasteiger partial charge is 0.440 e. The Bertz CT molecular complexity index is 515. The fraction of sp³-hybridized carbons (Fsp3) is 0.385. The van der Waals surface area contributed by atoms with E-state index in [0.29, 0.717) is 5.58 Å². The summed E-state index contributed by atoms with van der Waals surface area (Å²) in [6.07, 6.45) is 0.127. The van der Waals surface area contributed by atoms with Crippen LogP contribution in [0, 0.1) is 0 Å². The Balaban J connectivity index is 2.00. The van der Waals surface area contributed by atoms with Gasteiger partial charge in [-0.1, -0.05) is 12.1 Å². The average Bonchev–Trinajstić information content (AvgIpc) is 2.77. The lowest BCUT2D eigenvalue weighted by Gasteiger charge is -2.20. The van der Waals surface area contributed by atoms with Crippen LogP contribution in [0.25, 0.3) is 11.1 Å². The molecule has 5 nitrogen and oxygen atoms in total. The number of carbonyl (C=O) groups is 1. The van der Waals surface area contributed by atoms with Gasteiger partial charge in [0.2, 0.25) is 0 Å². The maximum Gasteiger partial charge on any atom is 0.395 e. The maximum atomic E-state index is 11.7. The van der Waals surface area contributed by atoms with Gasteiger partial charge in [-0.25, -0.2) is 0 Å². The molecular formula is C13H16N2O3. The van der Waals surface area contributed by atoms with E-state index in [9.17, 15) is 4.79 Å². The van der Waals surface area contributed by atoms with E-state index in [1.54, 1.807) is 18.0 Å². The molecule has 0 aliphatic heterocycles. The van der Waals surface area contributed by atoms with Crippen LogP contribution in [0.4, 0.5) is 0 Å². The van der Waals surface area contributed by atoms with E-state index < -0.39 is 0 Å². The lowest BCUT2D eigenvalue weighted by Crippen LogP contribution is -2.36. The molecule has 0 radical (unpaired) electrons. The summed E-state index contributed by atoms with van der Waals surface area (Å²) < 4.78 is 10.6. The molecule has 1 aromatic heterocycles. The number of rotatable bonds is 4. The predicted molar refractivity (Wildman–Crippen MR) is 67.4 cm³/mol. The monoisotopic (exact) mass is 248 g/mol. The van der Waals surface area contributed by atoms with Crippen molar-refractivity contribution in [2.45, 2.75) is 19.9 Å². The SMILES string of the molecule is CC(C)N(C)C(=O)COc1nc2ccccc2o1. The van der Waals surface area contributed by atoms with Gasteiger partial charge in [-0.3, -0.25) is 4.79 Å². The molecule has 96 valence electrons. The minimum absolute atomic E-state index is 0.0680. The van der Waals surface area contributed by atoms with Crippen LogP contribution < -0.4 is 4.74 Å². The highest BCUT2D eigenvalue weighted by Crippen LogP contribution is 2.19. The molecule has 2 aromatic rings. The van der Waals surface area contributed by atoms with Crippen molar-refractivity contribution in [3.8, 4) is 6.08 Å². The van der Waals surface area contributed by atoms with Gasteiger partial charge in [0.25, 0.3) is 5.91 Å².